The molecule has 0 aromatic rings. The molecule has 0 aliphatic carbocycles. The van der Waals surface area contributed by atoms with Gasteiger partial charge in [-0.2, -0.15) is 0 Å². The molecule has 0 unspecified atom stereocenters. The zero-order chi connectivity index (χ0) is 12.3. The molecular weight excluding hydrogens is 235 g/mol. The zero-order valence-electron chi connectivity index (χ0n) is 8.88. The van der Waals surface area contributed by atoms with Crippen molar-refractivity contribution >= 4 is 7.82 Å². The molecule has 0 N–H and O–H groups in total. The fraction of sp³-hybridized carbons (Fsp3) is 0.556. The molecule has 7 heteroatoms. The molecular formula is C9H13O6P. The van der Waals surface area contributed by atoms with E-state index in [4.69, 9.17) is 21.9 Å². The standard InChI is InChI=1S/C9H13O6P/c1-4-12-6-8-14-16(10,11-3)15-9-7-13-5-2/h1-2H,6-9H2,3H3. The van der Waals surface area contributed by atoms with E-state index in [1.165, 1.54) is 7.11 Å². The van der Waals surface area contributed by atoms with Gasteiger partial charge in [-0.05, 0) is 0 Å². The molecule has 0 rings (SSSR count). The molecule has 0 aliphatic heterocycles. The van der Waals surface area contributed by atoms with Crippen LogP contribution < -0.4 is 0 Å². The summed E-state index contributed by atoms with van der Waals surface area (Å²) in [4.78, 5) is 0. The molecule has 0 aromatic heterocycles. The second-order valence-corrected chi connectivity index (χ2v) is 4.00. The average molecular weight is 248 g/mol. The second kappa shape index (κ2) is 9.08. The Balaban J connectivity index is 3.79. The van der Waals surface area contributed by atoms with Crippen LogP contribution in [-0.4, -0.2) is 33.5 Å². The Morgan fingerprint density at radius 3 is 1.75 bits per heavy atom. The number of phosphoric ester groups is 1. The summed E-state index contributed by atoms with van der Waals surface area (Å²) < 4.78 is 35.0. The minimum absolute atomic E-state index is 0.00862. The molecule has 0 fully saturated rings. The van der Waals surface area contributed by atoms with Crippen molar-refractivity contribution in [3.63, 3.8) is 0 Å². The second-order valence-electron chi connectivity index (χ2n) is 2.23. The lowest BCUT2D eigenvalue weighted by Gasteiger charge is -2.14. The summed E-state index contributed by atoms with van der Waals surface area (Å²) in [7, 11) is -2.38. The number of hydrogen-bond acceptors (Lipinski definition) is 6. The summed E-state index contributed by atoms with van der Waals surface area (Å²) in [5.41, 5.74) is 0. The van der Waals surface area contributed by atoms with Gasteiger partial charge >= 0.3 is 7.82 Å². The summed E-state index contributed by atoms with van der Waals surface area (Å²) in [6.07, 6.45) is 13.5. The predicted octanol–water partition coefficient (Wildman–Crippen LogP) is 0.989. The highest BCUT2D eigenvalue weighted by atomic mass is 31.2. The minimum atomic E-state index is -3.58. The van der Waals surface area contributed by atoms with E-state index in [0.29, 0.717) is 0 Å². The van der Waals surface area contributed by atoms with Crippen molar-refractivity contribution in [3.8, 4) is 25.1 Å². The molecule has 0 aromatic carbocycles. The Morgan fingerprint density at radius 1 is 1.00 bits per heavy atom. The van der Waals surface area contributed by atoms with Crippen LogP contribution in [-0.2, 0) is 27.6 Å². The molecule has 16 heavy (non-hydrogen) atoms. The summed E-state index contributed by atoms with van der Waals surface area (Å²) in [6, 6.07) is 0. The molecule has 0 spiro atoms. The lowest BCUT2D eigenvalue weighted by atomic mass is 10.8. The van der Waals surface area contributed by atoms with E-state index in [1.54, 1.807) is 0 Å². The van der Waals surface area contributed by atoms with Crippen molar-refractivity contribution in [3.05, 3.63) is 0 Å². The number of phosphoric acid groups is 1. The van der Waals surface area contributed by atoms with Crippen LogP contribution >= 0.6 is 7.82 Å². The molecule has 90 valence electrons. The van der Waals surface area contributed by atoms with Crippen LogP contribution in [0.25, 0.3) is 0 Å². The van der Waals surface area contributed by atoms with Crippen molar-refractivity contribution in [2.24, 2.45) is 0 Å². The van der Waals surface area contributed by atoms with Gasteiger partial charge in [0.05, 0.1) is 13.2 Å². The van der Waals surface area contributed by atoms with Gasteiger partial charge < -0.3 is 9.47 Å². The summed E-state index contributed by atoms with van der Waals surface area (Å²) >= 11 is 0. The highest BCUT2D eigenvalue weighted by molar-refractivity contribution is 7.48. The highest BCUT2D eigenvalue weighted by Gasteiger charge is 2.24. The van der Waals surface area contributed by atoms with Crippen LogP contribution in [0.5, 0.6) is 0 Å². The largest absolute Gasteiger partial charge is 0.474 e. The van der Waals surface area contributed by atoms with E-state index >= 15 is 0 Å². The molecule has 0 aliphatic rings. The monoisotopic (exact) mass is 248 g/mol. The molecule has 0 saturated carbocycles. The Hall–Kier alpha value is -1.17. The Kier molecular flexibility index (Phi) is 8.42. The number of ether oxygens (including phenoxy) is 2. The van der Waals surface area contributed by atoms with Gasteiger partial charge in [-0.25, -0.2) is 4.57 Å². The van der Waals surface area contributed by atoms with E-state index in [-0.39, 0.29) is 26.4 Å². The average Bonchev–Trinajstić information content (AvgIpc) is 2.31. The van der Waals surface area contributed by atoms with Crippen LogP contribution in [0.4, 0.5) is 0 Å². The lowest BCUT2D eigenvalue weighted by molar-refractivity contribution is 0.0942. The maximum Gasteiger partial charge on any atom is 0.474 e. The van der Waals surface area contributed by atoms with Gasteiger partial charge in [0, 0.05) is 7.11 Å². The first-order valence-electron chi connectivity index (χ1n) is 4.28. The number of hydrogen-bond donors (Lipinski definition) is 0. The Morgan fingerprint density at radius 2 is 1.44 bits per heavy atom. The van der Waals surface area contributed by atoms with E-state index in [2.05, 4.69) is 14.0 Å². The van der Waals surface area contributed by atoms with Gasteiger partial charge in [0.15, 0.2) is 0 Å². The van der Waals surface area contributed by atoms with E-state index in [1.807, 2.05) is 12.2 Å². The first-order chi connectivity index (χ1) is 7.68. The first kappa shape index (κ1) is 14.8. The van der Waals surface area contributed by atoms with Gasteiger partial charge in [0.1, 0.15) is 25.4 Å². The third-order valence-electron chi connectivity index (χ3n) is 1.26. The molecule has 0 amide bonds. The minimum Gasteiger partial charge on any atom is -0.444 e. The normalized spacial score (nSPS) is 10.2. The van der Waals surface area contributed by atoms with Crippen LogP contribution in [0.1, 0.15) is 0 Å². The van der Waals surface area contributed by atoms with Crippen LogP contribution in [0, 0.1) is 25.1 Å². The van der Waals surface area contributed by atoms with Gasteiger partial charge in [-0.3, -0.25) is 13.6 Å². The molecule has 0 heterocycles. The maximum atomic E-state index is 11.6. The summed E-state index contributed by atoms with van der Waals surface area (Å²) in [5, 5.41) is 0. The van der Waals surface area contributed by atoms with Crippen molar-refractivity contribution in [1.29, 1.82) is 0 Å². The highest BCUT2D eigenvalue weighted by Crippen LogP contribution is 2.48. The fourth-order valence-electron chi connectivity index (χ4n) is 0.642. The van der Waals surface area contributed by atoms with Crippen LogP contribution in [0.2, 0.25) is 0 Å². The molecule has 0 saturated heterocycles. The third-order valence-corrected chi connectivity index (χ3v) is 2.70. The first-order valence-corrected chi connectivity index (χ1v) is 5.74. The van der Waals surface area contributed by atoms with Crippen LogP contribution in [0.3, 0.4) is 0 Å². The summed E-state index contributed by atoms with van der Waals surface area (Å²) in [6.45, 7) is 0.165. The number of terminal acetylenes is 2. The fourth-order valence-corrected chi connectivity index (χ4v) is 1.52. The Labute approximate surface area is 94.8 Å². The van der Waals surface area contributed by atoms with E-state index in [9.17, 15) is 4.57 Å². The molecule has 0 atom stereocenters. The van der Waals surface area contributed by atoms with E-state index in [0.717, 1.165) is 0 Å². The number of rotatable bonds is 9. The van der Waals surface area contributed by atoms with Crippen LogP contribution in [0.15, 0.2) is 0 Å². The van der Waals surface area contributed by atoms with Gasteiger partial charge in [0.25, 0.3) is 0 Å². The van der Waals surface area contributed by atoms with Gasteiger partial charge in [0.2, 0.25) is 0 Å². The van der Waals surface area contributed by atoms with Gasteiger partial charge in [-0.15, -0.1) is 0 Å². The predicted molar refractivity (Wildman–Crippen MR) is 56.1 cm³/mol. The smallest absolute Gasteiger partial charge is 0.444 e. The maximum absolute atomic E-state index is 11.6. The quantitative estimate of drug-likeness (QED) is 0.344. The van der Waals surface area contributed by atoms with Crippen molar-refractivity contribution in [2.45, 2.75) is 0 Å². The molecule has 0 bridgehead atoms. The van der Waals surface area contributed by atoms with Crippen molar-refractivity contribution in [1.82, 2.24) is 0 Å². The van der Waals surface area contributed by atoms with E-state index < -0.39 is 7.82 Å². The third kappa shape index (κ3) is 7.17. The van der Waals surface area contributed by atoms with Crippen molar-refractivity contribution in [2.75, 3.05) is 33.5 Å². The summed E-state index contributed by atoms with van der Waals surface area (Å²) in [5.74, 6) is 0. The SMILES string of the molecule is C#COCCOP(=O)(OC)OCCOC#C. The van der Waals surface area contributed by atoms with Crippen molar-refractivity contribution < 1.29 is 27.6 Å². The van der Waals surface area contributed by atoms with Gasteiger partial charge in [-0.1, -0.05) is 12.8 Å². The molecule has 6 nitrogen and oxygen atoms in total. The topological polar surface area (TPSA) is 63.2 Å². The lowest BCUT2D eigenvalue weighted by Crippen LogP contribution is -2.06. The Bertz CT molecular complexity index is 276. The molecule has 0 radical (unpaired) electrons. The zero-order valence-corrected chi connectivity index (χ0v) is 9.77.